The minimum absolute atomic E-state index is 0.316. The summed E-state index contributed by atoms with van der Waals surface area (Å²) in [4.78, 5) is 20.0. The van der Waals surface area contributed by atoms with Crippen LogP contribution in [0.25, 0.3) is 5.57 Å². The molecule has 1 aromatic carbocycles. The summed E-state index contributed by atoms with van der Waals surface area (Å²) in [6, 6.07) is 7.94. The van der Waals surface area contributed by atoms with Crippen LogP contribution >= 0.6 is 0 Å². The summed E-state index contributed by atoms with van der Waals surface area (Å²) in [6.07, 6.45) is 0.484. The van der Waals surface area contributed by atoms with Crippen molar-refractivity contribution in [2.75, 3.05) is 0 Å². The van der Waals surface area contributed by atoms with Gasteiger partial charge >= 0.3 is 5.97 Å². The van der Waals surface area contributed by atoms with Crippen molar-refractivity contribution in [2.24, 2.45) is 0 Å². The normalized spacial score (nSPS) is 11.0. The van der Waals surface area contributed by atoms with Crippen molar-refractivity contribution < 1.29 is 14.8 Å². The van der Waals surface area contributed by atoms with E-state index in [0.29, 0.717) is 11.8 Å². The smallest absolute Gasteiger partial charge is 0.342 e. The van der Waals surface area contributed by atoms with Gasteiger partial charge in [0.05, 0.1) is 4.92 Å². The Morgan fingerprint density at radius 3 is 2.36 bits per heavy atom. The van der Waals surface area contributed by atoms with E-state index in [1.54, 1.807) is 18.2 Å². The lowest BCUT2D eigenvalue weighted by Crippen LogP contribution is -2.02. The molecule has 1 aromatic rings. The van der Waals surface area contributed by atoms with E-state index in [9.17, 15) is 14.9 Å². The third kappa shape index (κ3) is 2.41. The Kier molecular flexibility index (Phi) is 2.96. The molecule has 0 fully saturated rings. The van der Waals surface area contributed by atoms with Crippen LogP contribution in [0.2, 0.25) is 0 Å². The maximum absolute atomic E-state index is 10.7. The standard InChI is InChI=1S/C9H7NO4/c11-9(12)8(6-10(13)14)7-4-2-1-3-5-7/h1-6H,(H,11,12). The molecule has 0 aromatic heterocycles. The lowest BCUT2D eigenvalue weighted by Gasteiger charge is -1.97. The molecule has 0 atom stereocenters. The summed E-state index contributed by atoms with van der Waals surface area (Å²) in [5.74, 6) is -1.31. The van der Waals surface area contributed by atoms with Crippen LogP contribution in [0, 0.1) is 10.1 Å². The second-order valence-corrected chi connectivity index (χ2v) is 2.50. The van der Waals surface area contributed by atoms with Crippen LogP contribution in [-0.2, 0) is 4.79 Å². The molecule has 14 heavy (non-hydrogen) atoms. The molecule has 0 radical (unpaired) electrons. The van der Waals surface area contributed by atoms with E-state index in [4.69, 9.17) is 5.11 Å². The molecule has 0 spiro atoms. The highest BCUT2D eigenvalue weighted by Crippen LogP contribution is 2.13. The van der Waals surface area contributed by atoms with Crippen LogP contribution in [0.1, 0.15) is 5.56 Å². The van der Waals surface area contributed by atoms with Crippen molar-refractivity contribution in [1.82, 2.24) is 0 Å². The van der Waals surface area contributed by atoms with E-state index < -0.39 is 10.9 Å². The Labute approximate surface area is 79.4 Å². The van der Waals surface area contributed by atoms with E-state index in [1.807, 2.05) is 0 Å². The predicted molar refractivity (Wildman–Crippen MR) is 49.0 cm³/mol. The molecule has 0 bridgehead atoms. The van der Waals surface area contributed by atoms with Crippen LogP contribution in [0.5, 0.6) is 0 Å². The summed E-state index contributed by atoms with van der Waals surface area (Å²) in [6.45, 7) is 0. The monoisotopic (exact) mass is 193 g/mol. The van der Waals surface area contributed by atoms with Gasteiger partial charge in [-0.2, -0.15) is 0 Å². The fourth-order valence-electron chi connectivity index (χ4n) is 0.976. The first kappa shape index (κ1) is 9.91. The highest BCUT2D eigenvalue weighted by Gasteiger charge is 2.13. The van der Waals surface area contributed by atoms with Gasteiger partial charge in [0.25, 0.3) is 0 Å². The lowest BCUT2D eigenvalue weighted by atomic mass is 10.1. The number of rotatable bonds is 3. The van der Waals surface area contributed by atoms with Crippen molar-refractivity contribution in [3.63, 3.8) is 0 Å². The molecule has 0 heterocycles. The van der Waals surface area contributed by atoms with Crippen LogP contribution < -0.4 is 0 Å². The largest absolute Gasteiger partial charge is 0.477 e. The number of benzene rings is 1. The third-order valence-electron chi connectivity index (χ3n) is 1.55. The van der Waals surface area contributed by atoms with E-state index in [1.165, 1.54) is 12.1 Å². The fourth-order valence-corrected chi connectivity index (χ4v) is 0.976. The van der Waals surface area contributed by atoms with Gasteiger partial charge in [0, 0.05) is 0 Å². The molecule has 0 unspecified atom stereocenters. The molecule has 1 N–H and O–H groups in total. The Balaban J connectivity index is 3.14. The average molecular weight is 193 g/mol. The maximum atomic E-state index is 10.7. The van der Waals surface area contributed by atoms with Gasteiger partial charge in [-0.3, -0.25) is 10.1 Å². The zero-order valence-electron chi connectivity index (χ0n) is 7.08. The van der Waals surface area contributed by atoms with Crippen molar-refractivity contribution in [3.8, 4) is 0 Å². The van der Waals surface area contributed by atoms with Crippen molar-refractivity contribution >= 4 is 11.5 Å². The second-order valence-electron chi connectivity index (χ2n) is 2.50. The first-order valence-corrected chi connectivity index (χ1v) is 3.75. The van der Waals surface area contributed by atoms with Gasteiger partial charge in [-0.05, 0) is 5.56 Å². The van der Waals surface area contributed by atoms with E-state index in [2.05, 4.69) is 0 Å². The quantitative estimate of drug-likeness (QED) is 0.446. The molecule has 0 amide bonds. The van der Waals surface area contributed by atoms with Gasteiger partial charge < -0.3 is 5.11 Å². The average Bonchev–Trinajstić information content (AvgIpc) is 2.15. The van der Waals surface area contributed by atoms with E-state index in [-0.39, 0.29) is 5.57 Å². The molecule has 0 aliphatic heterocycles. The number of nitrogens with zero attached hydrogens (tertiary/aromatic N) is 1. The minimum Gasteiger partial charge on any atom is -0.477 e. The molecule has 0 saturated carbocycles. The molecule has 5 heteroatoms. The van der Waals surface area contributed by atoms with Gasteiger partial charge in [-0.15, -0.1) is 0 Å². The van der Waals surface area contributed by atoms with Crippen molar-refractivity contribution in [3.05, 3.63) is 52.2 Å². The van der Waals surface area contributed by atoms with Crippen LogP contribution in [0.15, 0.2) is 36.5 Å². The zero-order valence-corrected chi connectivity index (χ0v) is 7.08. The number of nitro groups is 1. The topological polar surface area (TPSA) is 80.4 Å². The molecular formula is C9H7NO4. The summed E-state index contributed by atoms with van der Waals surface area (Å²) >= 11 is 0. The molecule has 5 nitrogen and oxygen atoms in total. The van der Waals surface area contributed by atoms with Gasteiger partial charge in [0.1, 0.15) is 5.57 Å². The Bertz CT molecular complexity index is 383. The first-order valence-electron chi connectivity index (χ1n) is 3.75. The number of carbonyl (C=O) groups is 1. The maximum Gasteiger partial charge on any atom is 0.342 e. The highest BCUT2D eigenvalue weighted by molar-refractivity contribution is 6.14. The number of carboxylic acid groups (broad SMARTS) is 1. The highest BCUT2D eigenvalue weighted by atomic mass is 16.6. The third-order valence-corrected chi connectivity index (χ3v) is 1.55. The number of hydrogen-bond acceptors (Lipinski definition) is 3. The van der Waals surface area contributed by atoms with Gasteiger partial charge in [-0.25, -0.2) is 4.79 Å². The van der Waals surface area contributed by atoms with Crippen molar-refractivity contribution in [2.45, 2.75) is 0 Å². The Morgan fingerprint density at radius 2 is 1.93 bits per heavy atom. The van der Waals surface area contributed by atoms with Crippen LogP contribution in [0.3, 0.4) is 0 Å². The van der Waals surface area contributed by atoms with E-state index >= 15 is 0 Å². The molecular weight excluding hydrogens is 186 g/mol. The molecule has 0 aliphatic carbocycles. The summed E-state index contributed by atoms with van der Waals surface area (Å²) in [7, 11) is 0. The predicted octanol–water partition coefficient (Wildman–Crippen LogP) is 1.39. The van der Waals surface area contributed by atoms with Crippen LogP contribution in [0.4, 0.5) is 0 Å². The van der Waals surface area contributed by atoms with Gasteiger partial charge in [0.15, 0.2) is 0 Å². The van der Waals surface area contributed by atoms with Gasteiger partial charge in [0.2, 0.25) is 6.20 Å². The Morgan fingerprint density at radius 1 is 1.36 bits per heavy atom. The van der Waals surface area contributed by atoms with Gasteiger partial charge in [-0.1, -0.05) is 30.3 Å². The molecule has 72 valence electrons. The SMILES string of the molecule is O=C(O)C(=C[N+](=O)[O-])c1ccccc1. The Hall–Kier alpha value is -2.17. The summed E-state index contributed by atoms with van der Waals surface area (Å²) < 4.78 is 0. The fraction of sp³-hybridized carbons (Fsp3) is 0. The second kappa shape index (κ2) is 4.18. The van der Waals surface area contributed by atoms with E-state index in [0.717, 1.165) is 0 Å². The van der Waals surface area contributed by atoms with Crippen LogP contribution in [-0.4, -0.2) is 16.0 Å². The molecule has 0 saturated heterocycles. The molecule has 0 aliphatic rings. The number of carboxylic acids is 1. The lowest BCUT2D eigenvalue weighted by molar-refractivity contribution is -0.401. The summed E-state index contributed by atoms with van der Waals surface area (Å²) in [5, 5.41) is 18.9. The van der Waals surface area contributed by atoms with Crippen molar-refractivity contribution in [1.29, 1.82) is 0 Å². The first-order chi connectivity index (χ1) is 6.61. The minimum atomic E-state index is -1.31. The number of aliphatic carboxylic acids is 1. The molecule has 1 rings (SSSR count). The summed E-state index contributed by atoms with van der Waals surface area (Å²) in [5.41, 5.74) is -0.00713. The zero-order chi connectivity index (χ0) is 10.6. The number of hydrogen-bond donors (Lipinski definition) is 1.